The Labute approximate surface area is 152 Å². The number of carbonyl (C=O) groups excluding carboxylic acids is 1. The van der Waals surface area contributed by atoms with Gasteiger partial charge in [-0.25, -0.2) is 9.78 Å². The molecule has 0 radical (unpaired) electrons. The van der Waals surface area contributed by atoms with Crippen molar-refractivity contribution in [3.8, 4) is 5.75 Å². The average Bonchev–Trinajstić information content (AvgIpc) is 3.00. The summed E-state index contributed by atoms with van der Waals surface area (Å²) in [5, 5.41) is 4.02. The van der Waals surface area contributed by atoms with Crippen LogP contribution in [0.3, 0.4) is 0 Å². The van der Waals surface area contributed by atoms with Gasteiger partial charge < -0.3 is 19.9 Å². The molecule has 2 aromatic rings. The molecule has 1 aliphatic heterocycles. The van der Waals surface area contributed by atoms with Crippen molar-refractivity contribution >= 4 is 32.7 Å². The van der Waals surface area contributed by atoms with Gasteiger partial charge in [0.25, 0.3) is 0 Å². The van der Waals surface area contributed by atoms with Gasteiger partial charge in [-0.15, -0.1) is 0 Å². The number of nitrogens with zero attached hydrogens (tertiary/aromatic N) is 3. The number of nitrogens with one attached hydrogen (secondary N) is 1. The van der Waals surface area contributed by atoms with Crippen molar-refractivity contribution in [3.05, 3.63) is 17.7 Å². The number of piperazine rings is 1. The van der Waals surface area contributed by atoms with Gasteiger partial charge in [-0.3, -0.25) is 0 Å². The van der Waals surface area contributed by atoms with Crippen molar-refractivity contribution < 1.29 is 9.53 Å². The number of thiazole rings is 1. The zero-order valence-corrected chi connectivity index (χ0v) is 16.4. The molecule has 0 aliphatic carbocycles. The van der Waals surface area contributed by atoms with E-state index in [9.17, 15) is 4.79 Å². The first-order valence-corrected chi connectivity index (χ1v) is 9.36. The lowest BCUT2D eigenvalue weighted by Gasteiger charge is -2.36. The number of aryl methyl sites for hydroxylation is 1. The fourth-order valence-corrected chi connectivity index (χ4v) is 4.00. The van der Waals surface area contributed by atoms with Crippen LogP contribution in [0.2, 0.25) is 0 Å². The number of amides is 2. The second-order valence-corrected chi connectivity index (χ2v) is 8.39. The van der Waals surface area contributed by atoms with Gasteiger partial charge in [-0.1, -0.05) is 17.4 Å². The minimum absolute atomic E-state index is 0.00830. The Balaban J connectivity index is 1.72. The van der Waals surface area contributed by atoms with Crippen molar-refractivity contribution in [2.75, 3.05) is 38.2 Å². The first-order valence-electron chi connectivity index (χ1n) is 8.54. The zero-order chi connectivity index (χ0) is 18.2. The molecule has 1 aromatic heterocycles. The Bertz CT molecular complexity index is 773. The monoisotopic (exact) mass is 362 g/mol. The largest absolute Gasteiger partial charge is 0.494 e. The number of hydrogen-bond donors (Lipinski definition) is 1. The van der Waals surface area contributed by atoms with Crippen LogP contribution in [-0.2, 0) is 0 Å². The normalized spacial score (nSPS) is 15.6. The van der Waals surface area contributed by atoms with Crippen molar-refractivity contribution in [1.29, 1.82) is 0 Å². The lowest BCUT2D eigenvalue weighted by atomic mass is 10.1. The molecule has 2 amide bonds. The molecule has 0 unspecified atom stereocenters. The molecule has 0 saturated carbocycles. The van der Waals surface area contributed by atoms with Crippen LogP contribution in [0.25, 0.3) is 10.2 Å². The van der Waals surface area contributed by atoms with E-state index in [4.69, 9.17) is 9.72 Å². The highest BCUT2D eigenvalue weighted by molar-refractivity contribution is 7.22. The topological polar surface area (TPSA) is 57.7 Å². The minimum Gasteiger partial charge on any atom is -0.494 e. The molecule has 0 atom stereocenters. The molecule has 1 aromatic carbocycles. The van der Waals surface area contributed by atoms with Crippen molar-refractivity contribution in [1.82, 2.24) is 15.2 Å². The molecular formula is C18H26N4O2S. The van der Waals surface area contributed by atoms with Crippen LogP contribution in [0.15, 0.2) is 12.1 Å². The number of hydrogen-bond acceptors (Lipinski definition) is 5. The predicted molar refractivity (Wildman–Crippen MR) is 103 cm³/mol. The van der Waals surface area contributed by atoms with Gasteiger partial charge >= 0.3 is 6.03 Å². The van der Waals surface area contributed by atoms with E-state index in [1.54, 1.807) is 18.4 Å². The maximum Gasteiger partial charge on any atom is 0.317 e. The summed E-state index contributed by atoms with van der Waals surface area (Å²) in [6.45, 7) is 11.1. The molecule has 1 saturated heterocycles. The summed E-state index contributed by atoms with van der Waals surface area (Å²) in [7, 11) is 1.68. The second-order valence-electron chi connectivity index (χ2n) is 7.41. The van der Waals surface area contributed by atoms with Crippen LogP contribution < -0.4 is 15.0 Å². The molecule has 6 nitrogen and oxygen atoms in total. The van der Waals surface area contributed by atoms with E-state index >= 15 is 0 Å². The molecule has 25 heavy (non-hydrogen) atoms. The highest BCUT2D eigenvalue weighted by Gasteiger charge is 2.25. The number of carbonyl (C=O) groups is 1. The Morgan fingerprint density at radius 2 is 1.92 bits per heavy atom. The molecule has 0 bridgehead atoms. The molecular weight excluding hydrogens is 336 g/mol. The van der Waals surface area contributed by atoms with Gasteiger partial charge in [-0.05, 0) is 39.3 Å². The summed E-state index contributed by atoms with van der Waals surface area (Å²) in [5.74, 6) is 0.811. The van der Waals surface area contributed by atoms with E-state index in [1.807, 2.05) is 31.7 Å². The summed E-state index contributed by atoms with van der Waals surface area (Å²) in [6, 6.07) is 4.04. The number of fused-ring (bicyclic) bond motifs is 1. The lowest BCUT2D eigenvalue weighted by molar-refractivity contribution is 0.185. The van der Waals surface area contributed by atoms with E-state index in [2.05, 4.69) is 23.2 Å². The number of ether oxygens (including phenoxy) is 1. The number of anilines is 1. The van der Waals surface area contributed by atoms with Crippen molar-refractivity contribution in [2.45, 2.75) is 33.2 Å². The SMILES string of the molecule is COc1ccc(C)c2sc(N3CCN(C(=O)NC(C)(C)C)CC3)nc12. The van der Waals surface area contributed by atoms with Crippen LogP contribution in [0.1, 0.15) is 26.3 Å². The zero-order valence-electron chi connectivity index (χ0n) is 15.5. The van der Waals surface area contributed by atoms with Gasteiger partial charge in [0, 0.05) is 31.7 Å². The maximum atomic E-state index is 12.3. The Morgan fingerprint density at radius 3 is 2.52 bits per heavy atom. The number of urea groups is 1. The van der Waals surface area contributed by atoms with Crippen LogP contribution in [0.4, 0.5) is 9.93 Å². The second kappa shape index (κ2) is 6.71. The number of rotatable bonds is 2. The quantitative estimate of drug-likeness (QED) is 0.891. The third-order valence-electron chi connectivity index (χ3n) is 4.23. The molecule has 1 aliphatic rings. The first-order chi connectivity index (χ1) is 11.8. The van der Waals surface area contributed by atoms with Crippen LogP contribution in [0.5, 0.6) is 5.75 Å². The summed E-state index contributed by atoms with van der Waals surface area (Å²) < 4.78 is 6.61. The summed E-state index contributed by atoms with van der Waals surface area (Å²) in [6.07, 6.45) is 0. The van der Waals surface area contributed by atoms with Crippen LogP contribution in [0, 0.1) is 6.92 Å². The smallest absolute Gasteiger partial charge is 0.317 e. The van der Waals surface area contributed by atoms with Crippen LogP contribution >= 0.6 is 11.3 Å². The standard InChI is InChI=1S/C18H26N4O2S/c1-12-6-7-13(24-5)14-15(12)25-17(19-14)22-10-8-21(9-11-22)16(23)20-18(2,3)4/h6-7H,8-11H2,1-5H3,(H,20,23). The lowest BCUT2D eigenvalue weighted by Crippen LogP contribution is -2.55. The van der Waals surface area contributed by atoms with E-state index < -0.39 is 0 Å². The maximum absolute atomic E-state index is 12.3. The summed E-state index contributed by atoms with van der Waals surface area (Å²) >= 11 is 1.70. The molecule has 1 N–H and O–H groups in total. The van der Waals surface area contributed by atoms with E-state index in [0.29, 0.717) is 13.1 Å². The van der Waals surface area contributed by atoms with Gasteiger partial charge in [0.15, 0.2) is 5.13 Å². The third-order valence-corrected chi connectivity index (χ3v) is 5.48. The van der Waals surface area contributed by atoms with Crippen molar-refractivity contribution in [3.63, 3.8) is 0 Å². The van der Waals surface area contributed by atoms with E-state index in [-0.39, 0.29) is 11.6 Å². The van der Waals surface area contributed by atoms with Crippen molar-refractivity contribution in [2.24, 2.45) is 0 Å². The Morgan fingerprint density at radius 1 is 1.24 bits per heavy atom. The molecule has 7 heteroatoms. The van der Waals surface area contributed by atoms with Crippen LogP contribution in [-0.4, -0.2) is 54.7 Å². The average molecular weight is 362 g/mol. The highest BCUT2D eigenvalue weighted by Crippen LogP contribution is 2.36. The Kier molecular flexibility index (Phi) is 4.77. The first kappa shape index (κ1) is 17.8. The van der Waals surface area contributed by atoms with Gasteiger partial charge in [0.05, 0.1) is 11.8 Å². The Hall–Kier alpha value is -2.02. The van der Waals surface area contributed by atoms with E-state index in [0.717, 1.165) is 29.5 Å². The molecule has 2 heterocycles. The highest BCUT2D eigenvalue weighted by atomic mass is 32.1. The molecule has 0 spiro atoms. The third kappa shape index (κ3) is 3.81. The van der Waals surface area contributed by atoms with E-state index in [1.165, 1.54) is 10.3 Å². The predicted octanol–water partition coefficient (Wildman–Crippen LogP) is 3.24. The fourth-order valence-electron chi connectivity index (χ4n) is 2.90. The molecule has 1 fully saturated rings. The number of aromatic nitrogens is 1. The summed E-state index contributed by atoms with van der Waals surface area (Å²) in [4.78, 5) is 21.2. The van der Waals surface area contributed by atoms with Gasteiger partial charge in [0.2, 0.25) is 0 Å². The molecule has 3 rings (SSSR count). The van der Waals surface area contributed by atoms with Gasteiger partial charge in [-0.2, -0.15) is 0 Å². The molecule has 136 valence electrons. The van der Waals surface area contributed by atoms with Gasteiger partial charge in [0.1, 0.15) is 11.3 Å². The fraction of sp³-hybridized carbons (Fsp3) is 0.556. The minimum atomic E-state index is -0.213. The summed E-state index contributed by atoms with van der Waals surface area (Å²) in [5.41, 5.74) is 1.92. The number of methoxy groups -OCH3 is 1. The number of benzene rings is 1.